The second-order valence-corrected chi connectivity index (χ2v) is 6.21. The molecule has 2 aromatic heterocycles. The number of nitrogens with zero attached hydrogens (tertiary/aromatic N) is 3. The van der Waals surface area contributed by atoms with E-state index in [-0.39, 0.29) is 5.91 Å². The molecule has 3 aromatic rings. The van der Waals surface area contributed by atoms with Crippen molar-refractivity contribution in [1.29, 1.82) is 0 Å². The van der Waals surface area contributed by atoms with Gasteiger partial charge in [0.25, 0.3) is 5.91 Å². The molecule has 134 valence electrons. The Balaban J connectivity index is 1.52. The normalized spacial score (nSPS) is 11.8. The quantitative estimate of drug-likeness (QED) is 0.690. The highest BCUT2D eigenvalue weighted by Gasteiger charge is 2.16. The Bertz CT molecular complexity index is 867. The zero-order chi connectivity index (χ0) is 18.4. The van der Waals surface area contributed by atoms with Gasteiger partial charge >= 0.3 is 0 Å². The van der Waals surface area contributed by atoms with Crippen LogP contribution in [0.25, 0.3) is 0 Å². The van der Waals surface area contributed by atoms with Crippen molar-refractivity contribution in [2.24, 2.45) is 0 Å². The summed E-state index contributed by atoms with van der Waals surface area (Å²) in [5, 5.41) is 7.68. The summed E-state index contributed by atoms with van der Waals surface area (Å²) >= 11 is 5.92. The maximum atomic E-state index is 12.3. The molecule has 3 rings (SSSR count). The predicted octanol–water partition coefficient (Wildman–Crippen LogP) is 3.58. The van der Waals surface area contributed by atoms with Crippen molar-refractivity contribution in [3.63, 3.8) is 0 Å². The summed E-state index contributed by atoms with van der Waals surface area (Å²) < 4.78 is 7.39. The minimum atomic E-state index is -0.671. The number of halogens is 1. The van der Waals surface area contributed by atoms with Crippen LogP contribution in [-0.2, 0) is 17.8 Å². The Morgan fingerprint density at radius 2 is 2.08 bits per heavy atom. The van der Waals surface area contributed by atoms with E-state index in [0.717, 1.165) is 6.42 Å². The molecular weight excluding hydrogens is 352 g/mol. The van der Waals surface area contributed by atoms with Gasteiger partial charge in [-0.3, -0.25) is 14.5 Å². The average molecular weight is 371 g/mol. The first-order chi connectivity index (χ1) is 12.6. The highest BCUT2D eigenvalue weighted by molar-refractivity contribution is 6.30. The fraction of sp³-hybridized carbons (Fsp3) is 0.211. The van der Waals surface area contributed by atoms with Gasteiger partial charge in [-0.25, -0.2) is 0 Å². The van der Waals surface area contributed by atoms with Gasteiger partial charge in [0, 0.05) is 36.2 Å². The maximum absolute atomic E-state index is 12.3. The van der Waals surface area contributed by atoms with Gasteiger partial charge in [-0.2, -0.15) is 5.10 Å². The van der Waals surface area contributed by atoms with E-state index in [4.69, 9.17) is 16.3 Å². The van der Waals surface area contributed by atoms with E-state index in [0.29, 0.717) is 23.1 Å². The Labute approximate surface area is 156 Å². The Hall–Kier alpha value is -2.86. The van der Waals surface area contributed by atoms with Crippen molar-refractivity contribution in [2.45, 2.75) is 26.0 Å². The van der Waals surface area contributed by atoms with Crippen molar-refractivity contribution in [3.05, 3.63) is 71.6 Å². The molecule has 0 aliphatic carbocycles. The Morgan fingerprint density at radius 1 is 1.27 bits per heavy atom. The lowest BCUT2D eigenvalue weighted by Crippen LogP contribution is -2.30. The maximum Gasteiger partial charge on any atom is 0.266 e. The molecule has 7 heteroatoms. The van der Waals surface area contributed by atoms with Crippen LogP contribution in [0.15, 0.2) is 61.1 Å². The van der Waals surface area contributed by atoms with Gasteiger partial charge in [-0.1, -0.05) is 17.7 Å². The summed E-state index contributed by atoms with van der Waals surface area (Å²) in [7, 11) is 0. The summed E-state index contributed by atoms with van der Waals surface area (Å²) in [6, 6.07) is 12.6. The third-order valence-corrected chi connectivity index (χ3v) is 3.98. The number of aryl methyl sites for hydroxylation is 2. The minimum Gasteiger partial charge on any atom is -0.481 e. The molecule has 26 heavy (non-hydrogen) atoms. The second-order valence-electron chi connectivity index (χ2n) is 5.78. The van der Waals surface area contributed by atoms with Crippen LogP contribution in [0.1, 0.15) is 12.5 Å². The number of pyridine rings is 1. The number of carbonyl (C=O) groups is 1. The fourth-order valence-electron chi connectivity index (χ4n) is 2.37. The molecule has 0 aliphatic rings. The summed E-state index contributed by atoms with van der Waals surface area (Å²) in [5.41, 5.74) is 1.18. The lowest BCUT2D eigenvalue weighted by Gasteiger charge is -2.13. The van der Waals surface area contributed by atoms with Gasteiger partial charge in [0.15, 0.2) is 11.9 Å². The molecule has 0 aliphatic heterocycles. The van der Waals surface area contributed by atoms with E-state index in [1.165, 1.54) is 5.56 Å². The molecule has 0 spiro atoms. The molecule has 1 aromatic carbocycles. The van der Waals surface area contributed by atoms with Crippen LogP contribution >= 0.6 is 11.6 Å². The number of aromatic nitrogens is 3. The van der Waals surface area contributed by atoms with Gasteiger partial charge in [-0.05, 0) is 49.2 Å². The van der Waals surface area contributed by atoms with Gasteiger partial charge in [0.1, 0.15) is 5.75 Å². The minimum absolute atomic E-state index is 0.274. The topological polar surface area (TPSA) is 69.0 Å². The van der Waals surface area contributed by atoms with Gasteiger partial charge < -0.3 is 10.1 Å². The number of hydrogen-bond donors (Lipinski definition) is 1. The van der Waals surface area contributed by atoms with E-state index >= 15 is 0 Å². The van der Waals surface area contributed by atoms with Crippen LogP contribution in [0.3, 0.4) is 0 Å². The highest BCUT2D eigenvalue weighted by Crippen LogP contribution is 2.18. The van der Waals surface area contributed by atoms with Gasteiger partial charge in [0.05, 0.1) is 0 Å². The standard InChI is InChI=1S/C19H19ClN4O2/c1-14(26-17-4-2-3-16(20)13-17)19(25)22-18-8-12-24(23-18)11-7-15-5-9-21-10-6-15/h2-6,8-10,12-14H,7,11H2,1H3,(H,22,23,25)/t14-/m1/s1. The van der Waals surface area contributed by atoms with E-state index in [1.54, 1.807) is 54.3 Å². The number of amides is 1. The van der Waals surface area contributed by atoms with E-state index in [1.807, 2.05) is 18.3 Å². The van der Waals surface area contributed by atoms with Crippen LogP contribution in [0.4, 0.5) is 5.82 Å². The third-order valence-electron chi connectivity index (χ3n) is 3.75. The summed E-state index contributed by atoms with van der Waals surface area (Å²) in [4.78, 5) is 16.3. The number of nitrogens with one attached hydrogen (secondary N) is 1. The number of benzene rings is 1. The number of anilines is 1. The largest absolute Gasteiger partial charge is 0.481 e. The van der Waals surface area contributed by atoms with Crippen LogP contribution in [0.2, 0.25) is 5.02 Å². The summed E-state index contributed by atoms with van der Waals surface area (Å²) in [6.07, 6.45) is 5.54. The van der Waals surface area contributed by atoms with Crippen molar-refractivity contribution in [3.8, 4) is 5.75 Å². The smallest absolute Gasteiger partial charge is 0.266 e. The zero-order valence-corrected chi connectivity index (χ0v) is 15.1. The van der Waals surface area contributed by atoms with Crippen LogP contribution in [0, 0.1) is 0 Å². The molecule has 0 saturated heterocycles. The van der Waals surface area contributed by atoms with E-state index in [9.17, 15) is 4.79 Å². The number of ether oxygens (including phenoxy) is 1. The molecule has 0 fully saturated rings. The molecule has 2 heterocycles. The van der Waals surface area contributed by atoms with Crippen LogP contribution in [-0.4, -0.2) is 26.8 Å². The molecule has 1 atom stereocenters. The molecule has 0 unspecified atom stereocenters. The Kier molecular flexibility index (Phi) is 5.86. The lowest BCUT2D eigenvalue weighted by atomic mass is 10.2. The summed E-state index contributed by atoms with van der Waals surface area (Å²) in [5.74, 6) is 0.763. The van der Waals surface area contributed by atoms with Gasteiger partial charge in [0.2, 0.25) is 0 Å². The number of rotatable bonds is 7. The average Bonchev–Trinajstić information content (AvgIpc) is 3.08. The SMILES string of the molecule is C[C@@H](Oc1cccc(Cl)c1)C(=O)Nc1ccn(CCc2ccncc2)n1. The number of hydrogen-bond acceptors (Lipinski definition) is 4. The van der Waals surface area contributed by atoms with E-state index in [2.05, 4.69) is 15.4 Å². The van der Waals surface area contributed by atoms with Crippen LogP contribution < -0.4 is 10.1 Å². The Morgan fingerprint density at radius 3 is 2.85 bits per heavy atom. The molecule has 6 nitrogen and oxygen atoms in total. The molecule has 1 N–H and O–H groups in total. The van der Waals surface area contributed by atoms with Crippen LogP contribution in [0.5, 0.6) is 5.75 Å². The first-order valence-corrected chi connectivity index (χ1v) is 8.63. The summed E-state index contributed by atoms with van der Waals surface area (Å²) in [6.45, 7) is 2.39. The van der Waals surface area contributed by atoms with Gasteiger partial charge in [-0.15, -0.1) is 0 Å². The molecular formula is C19H19ClN4O2. The second kappa shape index (κ2) is 8.49. The molecule has 0 bridgehead atoms. The number of carbonyl (C=O) groups excluding carboxylic acids is 1. The van der Waals surface area contributed by atoms with Crippen molar-refractivity contribution < 1.29 is 9.53 Å². The van der Waals surface area contributed by atoms with Crippen molar-refractivity contribution >= 4 is 23.3 Å². The molecule has 0 radical (unpaired) electrons. The lowest BCUT2D eigenvalue weighted by molar-refractivity contribution is -0.122. The van der Waals surface area contributed by atoms with E-state index < -0.39 is 6.10 Å². The van der Waals surface area contributed by atoms with Crippen molar-refractivity contribution in [2.75, 3.05) is 5.32 Å². The zero-order valence-electron chi connectivity index (χ0n) is 14.3. The van der Waals surface area contributed by atoms with Crippen molar-refractivity contribution in [1.82, 2.24) is 14.8 Å². The fourth-order valence-corrected chi connectivity index (χ4v) is 2.55. The third kappa shape index (κ3) is 5.07. The predicted molar refractivity (Wildman–Crippen MR) is 100 cm³/mol. The molecule has 1 amide bonds. The monoisotopic (exact) mass is 370 g/mol. The first-order valence-electron chi connectivity index (χ1n) is 8.25. The molecule has 0 saturated carbocycles. The highest BCUT2D eigenvalue weighted by atomic mass is 35.5. The first kappa shape index (κ1) is 17.9.